The lowest BCUT2D eigenvalue weighted by Gasteiger charge is -2.38. The highest BCUT2D eigenvalue weighted by Crippen LogP contribution is 2.41. The number of carboxylic acid groups (broad SMARTS) is 1. The Labute approximate surface area is 346 Å². The Hall–Kier alpha value is -6.02. The quantitative estimate of drug-likeness (QED) is 0.128. The molecule has 0 radical (unpaired) electrons. The number of hydrogen-bond acceptors (Lipinski definition) is 7. The lowest BCUT2D eigenvalue weighted by Crippen LogP contribution is -2.56. The topological polar surface area (TPSA) is 138 Å². The van der Waals surface area contributed by atoms with Gasteiger partial charge in [0.25, 0.3) is 0 Å². The zero-order chi connectivity index (χ0) is 40.9. The number of carbonyl (C=O) groups is 3. The molecule has 0 saturated heterocycles. The minimum absolute atomic E-state index is 0.0466. The van der Waals surface area contributed by atoms with Gasteiger partial charge in [0.05, 0.1) is 21.7 Å². The highest BCUT2D eigenvalue weighted by atomic mass is 35.5. The van der Waals surface area contributed by atoms with Crippen molar-refractivity contribution in [3.63, 3.8) is 0 Å². The van der Waals surface area contributed by atoms with Crippen LogP contribution in [-0.2, 0) is 40.4 Å². The number of aliphatic carboxylic acids is 1. The summed E-state index contributed by atoms with van der Waals surface area (Å²) in [5.74, 6) is -0.124. The summed E-state index contributed by atoms with van der Waals surface area (Å²) in [6.07, 6.45) is 0.0649. The van der Waals surface area contributed by atoms with Gasteiger partial charge in [0.15, 0.2) is 17.6 Å². The summed E-state index contributed by atoms with van der Waals surface area (Å²) in [6.45, 7) is 4.61. The van der Waals surface area contributed by atoms with E-state index in [-0.39, 0.29) is 44.2 Å². The number of benzene rings is 5. The zero-order valence-corrected chi connectivity index (χ0v) is 33.4. The fourth-order valence-electron chi connectivity index (χ4n) is 7.13. The van der Waals surface area contributed by atoms with E-state index in [1.165, 1.54) is 0 Å². The first-order chi connectivity index (χ1) is 27.9. The van der Waals surface area contributed by atoms with Crippen LogP contribution in [0, 0.1) is 17.2 Å². The number of halogens is 2. The second-order valence-corrected chi connectivity index (χ2v) is 15.7. The first-order valence-electron chi connectivity index (χ1n) is 19.0. The number of nitrogens with one attached hydrogen (secondary N) is 1. The maximum Gasteiger partial charge on any atom is 0.326 e. The molecule has 296 valence electrons. The Kier molecular flexibility index (Phi) is 12.2. The van der Waals surface area contributed by atoms with E-state index in [1.54, 1.807) is 29.2 Å². The molecule has 0 aliphatic carbocycles. The zero-order valence-electron chi connectivity index (χ0n) is 31.9. The first-order valence-corrected chi connectivity index (χ1v) is 19.7. The molecule has 5 aromatic carbocycles. The summed E-state index contributed by atoms with van der Waals surface area (Å²) < 4.78 is 18.6. The molecular weight excluding hydrogens is 777 g/mol. The average Bonchev–Trinajstić information content (AvgIpc) is 3.22. The van der Waals surface area contributed by atoms with E-state index < -0.39 is 30.1 Å². The number of nitriles is 1. The van der Waals surface area contributed by atoms with Gasteiger partial charge in [0.2, 0.25) is 11.8 Å². The van der Waals surface area contributed by atoms with Gasteiger partial charge in [-0.25, -0.2) is 4.79 Å². The van der Waals surface area contributed by atoms with E-state index in [2.05, 4.69) is 11.4 Å². The molecule has 2 aliphatic heterocycles. The number of nitrogens with zero attached hydrogens (tertiary/aromatic N) is 2. The van der Waals surface area contributed by atoms with Crippen molar-refractivity contribution in [3.8, 4) is 34.4 Å². The Morgan fingerprint density at radius 2 is 1.55 bits per heavy atom. The highest BCUT2D eigenvalue weighted by Gasteiger charge is 2.38. The molecule has 3 atom stereocenters. The molecule has 0 saturated carbocycles. The molecule has 2 amide bonds. The standard InChI is InChI=1S/C46H41Cl2N3O7/c1-27(2)17-44(52)51-24-35-22-42-41(57-26-43(58-42)33-12-14-36(15-13-33)56-25-30-7-16-37(47)38(48)18-30)21-34(35)20-40(51)45(53)50-39(46(54)55)19-28-3-8-31(9-4-28)32-10-5-29(23-49)6-11-32/h3-16,18,21-22,27,39-40,43H,17,19-20,24-26H2,1-2H3,(H,50,53)(H,54,55)/t39-,40?,43+/m0/s1. The number of carbonyl (C=O) groups excluding carboxylic acids is 2. The van der Waals surface area contributed by atoms with E-state index in [0.29, 0.717) is 39.5 Å². The largest absolute Gasteiger partial charge is 0.489 e. The van der Waals surface area contributed by atoms with Gasteiger partial charge in [-0.05, 0) is 93.4 Å². The monoisotopic (exact) mass is 817 g/mol. The van der Waals surface area contributed by atoms with Crippen LogP contribution >= 0.6 is 23.2 Å². The van der Waals surface area contributed by atoms with Crippen molar-refractivity contribution < 1.29 is 33.7 Å². The molecule has 0 spiro atoms. The van der Waals surface area contributed by atoms with Crippen LogP contribution in [0.1, 0.15) is 59.8 Å². The van der Waals surface area contributed by atoms with Crippen LogP contribution in [0.15, 0.2) is 103 Å². The van der Waals surface area contributed by atoms with Crippen LogP contribution in [0.2, 0.25) is 10.0 Å². The number of rotatable bonds is 12. The van der Waals surface area contributed by atoms with E-state index in [1.807, 2.05) is 92.7 Å². The molecule has 7 rings (SSSR count). The summed E-state index contributed by atoms with van der Waals surface area (Å²) in [4.78, 5) is 41.7. The number of amides is 2. The van der Waals surface area contributed by atoms with Gasteiger partial charge < -0.3 is 29.5 Å². The number of fused-ring (bicyclic) bond motifs is 2. The Bertz CT molecular complexity index is 2360. The predicted octanol–water partition coefficient (Wildman–Crippen LogP) is 8.74. The molecular formula is C46H41Cl2N3O7. The number of hydrogen-bond donors (Lipinski definition) is 2. The van der Waals surface area contributed by atoms with Crippen LogP contribution in [0.5, 0.6) is 17.2 Å². The third-order valence-corrected chi connectivity index (χ3v) is 11.0. The van der Waals surface area contributed by atoms with Crippen molar-refractivity contribution in [1.82, 2.24) is 10.2 Å². The van der Waals surface area contributed by atoms with Gasteiger partial charge >= 0.3 is 5.97 Å². The molecule has 1 unspecified atom stereocenters. The molecule has 5 aromatic rings. The molecule has 2 aliphatic rings. The van der Waals surface area contributed by atoms with Crippen LogP contribution < -0.4 is 19.5 Å². The molecule has 2 heterocycles. The molecule has 2 N–H and O–H groups in total. The third kappa shape index (κ3) is 9.39. The maximum absolute atomic E-state index is 14.0. The molecule has 10 nitrogen and oxygen atoms in total. The third-order valence-electron chi connectivity index (χ3n) is 10.3. The lowest BCUT2D eigenvalue weighted by molar-refractivity contribution is -0.145. The second kappa shape index (κ2) is 17.6. The van der Waals surface area contributed by atoms with Gasteiger partial charge in [-0.3, -0.25) is 9.59 Å². The van der Waals surface area contributed by atoms with Crippen LogP contribution in [0.4, 0.5) is 0 Å². The fourth-order valence-corrected chi connectivity index (χ4v) is 7.45. The fraction of sp³-hybridized carbons (Fsp3) is 0.261. The normalized spacial score (nSPS) is 16.2. The van der Waals surface area contributed by atoms with Crippen molar-refractivity contribution in [2.45, 2.75) is 64.4 Å². The molecule has 58 heavy (non-hydrogen) atoms. The van der Waals surface area contributed by atoms with E-state index in [0.717, 1.165) is 38.9 Å². The number of carboxylic acids is 1. The average molecular weight is 819 g/mol. The molecule has 0 aromatic heterocycles. The molecule has 0 bridgehead atoms. The molecule has 12 heteroatoms. The van der Waals surface area contributed by atoms with Crippen molar-refractivity contribution in [3.05, 3.63) is 147 Å². The van der Waals surface area contributed by atoms with E-state index in [9.17, 15) is 19.5 Å². The lowest BCUT2D eigenvalue weighted by atomic mass is 9.91. The summed E-state index contributed by atoms with van der Waals surface area (Å²) in [5.41, 5.74) is 6.55. The minimum Gasteiger partial charge on any atom is -0.489 e. The summed E-state index contributed by atoms with van der Waals surface area (Å²) >= 11 is 12.2. The van der Waals surface area contributed by atoms with Gasteiger partial charge in [0, 0.05) is 25.8 Å². The first kappa shape index (κ1) is 40.2. The van der Waals surface area contributed by atoms with Crippen LogP contribution in [-0.4, -0.2) is 46.5 Å². The van der Waals surface area contributed by atoms with Crippen LogP contribution in [0.3, 0.4) is 0 Å². The second-order valence-electron chi connectivity index (χ2n) is 14.9. The van der Waals surface area contributed by atoms with Crippen molar-refractivity contribution in [2.75, 3.05) is 6.61 Å². The predicted molar refractivity (Wildman–Crippen MR) is 220 cm³/mol. The number of ether oxygens (including phenoxy) is 3. The van der Waals surface area contributed by atoms with Crippen molar-refractivity contribution in [2.24, 2.45) is 5.92 Å². The SMILES string of the molecule is CC(C)CC(=O)N1Cc2cc3c(cc2CC1C(=O)N[C@@H](Cc1ccc(-c2ccc(C#N)cc2)cc1)C(=O)O)OC[C@H](c1ccc(OCc2ccc(Cl)c(Cl)c2)cc1)O3. The maximum atomic E-state index is 14.0. The van der Waals surface area contributed by atoms with Gasteiger partial charge in [-0.15, -0.1) is 0 Å². The van der Waals surface area contributed by atoms with Crippen LogP contribution in [0.25, 0.3) is 11.1 Å². The molecule has 0 fully saturated rings. The summed E-state index contributed by atoms with van der Waals surface area (Å²) in [6, 6.07) is 31.2. The van der Waals surface area contributed by atoms with Gasteiger partial charge in [-0.1, -0.05) is 91.6 Å². The van der Waals surface area contributed by atoms with Gasteiger partial charge in [-0.2, -0.15) is 5.26 Å². The summed E-state index contributed by atoms with van der Waals surface area (Å²) in [7, 11) is 0. The minimum atomic E-state index is -1.22. The van der Waals surface area contributed by atoms with Gasteiger partial charge in [0.1, 0.15) is 31.0 Å². The Morgan fingerprint density at radius 1 is 0.879 bits per heavy atom. The van der Waals surface area contributed by atoms with E-state index in [4.69, 9.17) is 42.7 Å². The summed E-state index contributed by atoms with van der Waals surface area (Å²) in [5, 5.41) is 23.0. The smallest absolute Gasteiger partial charge is 0.326 e. The van der Waals surface area contributed by atoms with E-state index >= 15 is 0 Å². The Morgan fingerprint density at radius 3 is 2.21 bits per heavy atom. The Balaban J connectivity index is 1.03. The van der Waals surface area contributed by atoms with Crippen molar-refractivity contribution >= 4 is 41.0 Å². The highest BCUT2D eigenvalue weighted by molar-refractivity contribution is 6.42. The van der Waals surface area contributed by atoms with Crippen molar-refractivity contribution in [1.29, 1.82) is 5.26 Å².